The Labute approximate surface area is 142 Å². The molecular weight excluding hydrogens is 304 g/mol. The minimum atomic E-state index is -0.283. The number of benzene rings is 2. The van der Waals surface area contributed by atoms with Gasteiger partial charge in [0.05, 0.1) is 18.5 Å². The lowest BCUT2D eigenvalue weighted by Gasteiger charge is -2.19. The second kappa shape index (κ2) is 7.25. The van der Waals surface area contributed by atoms with Crippen molar-refractivity contribution < 1.29 is 14.3 Å². The van der Waals surface area contributed by atoms with Crippen molar-refractivity contribution in [2.75, 3.05) is 24.8 Å². The first-order chi connectivity index (χ1) is 11.3. The normalized spacial score (nSPS) is 11.0. The van der Waals surface area contributed by atoms with Crippen molar-refractivity contribution in [1.29, 1.82) is 0 Å². The molecule has 1 amide bonds. The Kier molecular flexibility index (Phi) is 5.34. The third-order valence-corrected chi connectivity index (χ3v) is 3.62. The molecule has 0 aliphatic heterocycles. The number of nitrogens with two attached hydrogens (primary N) is 1. The minimum absolute atomic E-state index is 0.0831. The molecule has 0 saturated carbocycles. The fourth-order valence-electron chi connectivity index (χ4n) is 2.16. The molecule has 0 aromatic heterocycles. The third kappa shape index (κ3) is 4.65. The molecule has 128 valence electrons. The number of methoxy groups -OCH3 is 1. The molecule has 0 atom stereocenters. The number of carbonyl (C=O) groups is 1. The van der Waals surface area contributed by atoms with Crippen LogP contribution in [0.25, 0.3) is 0 Å². The predicted molar refractivity (Wildman–Crippen MR) is 96.7 cm³/mol. The monoisotopic (exact) mass is 328 g/mol. The van der Waals surface area contributed by atoms with E-state index < -0.39 is 0 Å². The number of hydrogen-bond acceptors (Lipinski definition) is 4. The summed E-state index contributed by atoms with van der Waals surface area (Å²) in [6.07, 6.45) is 0. The highest BCUT2D eigenvalue weighted by Gasteiger charge is 2.13. The molecule has 0 saturated heterocycles. The van der Waals surface area contributed by atoms with Gasteiger partial charge in [-0.1, -0.05) is 32.9 Å². The topological polar surface area (TPSA) is 73.6 Å². The zero-order valence-corrected chi connectivity index (χ0v) is 14.6. The average Bonchev–Trinajstić information content (AvgIpc) is 2.54. The quantitative estimate of drug-likeness (QED) is 0.823. The number of nitrogen functional groups attached to an aromatic ring is 1. The maximum atomic E-state index is 12.0. The highest BCUT2D eigenvalue weighted by atomic mass is 16.5. The zero-order chi connectivity index (χ0) is 17.7. The van der Waals surface area contributed by atoms with Gasteiger partial charge in [-0.15, -0.1) is 0 Å². The van der Waals surface area contributed by atoms with Gasteiger partial charge in [-0.2, -0.15) is 0 Å². The van der Waals surface area contributed by atoms with Crippen LogP contribution in [0.3, 0.4) is 0 Å². The molecule has 0 spiro atoms. The van der Waals surface area contributed by atoms with Crippen molar-refractivity contribution >= 4 is 17.3 Å². The van der Waals surface area contributed by atoms with Crippen molar-refractivity contribution in [2.45, 2.75) is 26.2 Å². The lowest BCUT2D eigenvalue weighted by molar-refractivity contribution is -0.118. The van der Waals surface area contributed by atoms with Crippen LogP contribution in [0.1, 0.15) is 26.3 Å². The first-order valence-corrected chi connectivity index (χ1v) is 7.76. The molecule has 0 radical (unpaired) electrons. The SMILES string of the molecule is COc1ccc(N)c(NC(=O)COc2ccc(C(C)(C)C)cc2)c1. The molecule has 2 aromatic carbocycles. The van der Waals surface area contributed by atoms with Crippen LogP contribution in [0, 0.1) is 0 Å². The van der Waals surface area contributed by atoms with Crippen molar-refractivity contribution in [3.05, 3.63) is 48.0 Å². The first-order valence-electron chi connectivity index (χ1n) is 7.76. The van der Waals surface area contributed by atoms with E-state index in [1.807, 2.05) is 24.3 Å². The van der Waals surface area contributed by atoms with Crippen molar-refractivity contribution in [1.82, 2.24) is 0 Å². The summed E-state index contributed by atoms with van der Waals surface area (Å²) >= 11 is 0. The second-order valence-corrected chi connectivity index (χ2v) is 6.56. The van der Waals surface area contributed by atoms with E-state index in [1.165, 1.54) is 5.56 Å². The van der Waals surface area contributed by atoms with Crippen LogP contribution in [0.5, 0.6) is 11.5 Å². The molecule has 0 bridgehead atoms. The standard InChI is InChI=1S/C19H24N2O3/c1-19(2,3)13-5-7-14(8-6-13)24-12-18(22)21-17-11-15(23-4)9-10-16(17)20/h5-11H,12,20H2,1-4H3,(H,21,22). The van der Waals surface area contributed by atoms with Crippen molar-refractivity contribution in [3.8, 4) is 11.5 Å². The molecule has 0 unspecified atom stereocenters. The zero-order valence-electron chi connectivity index (χ0n) is 14.6. The minimum Gasteiger partial charge on any atom is -0.497 e. The van der Waals surface area contributed by atoms with Crippen LogP contribution in [0.4, 0.5) is 11.4 Å². The van der Waals surface area contributed by atoms with Crippen LogP contribution in [-0.4, -0.2) is 19.6 Å². The lowest BCUT2D eigenvalue weighted by atomic mass is 9.87. The smallest absolute Gasteiger partial charge is 0.262 e. The summed E-state index contributed by atoms with van der Waals surface area (Å²) in [6.45, 7) is 6.35. The van der Waals surface area contributed by atoms with Crippen molar-refractivity contribution in [3.63, 3.8) is 0 Å². The Hall–Kier alpha value is -2.69. The second-order valence-electron chi connectivity index (χ2n) is 6.56. The molecule has 3 N–H and O–H groups in total. The maximum absolute atomic E-state index is 12.0. The lowest BCUT2D eigenvalue weighted by Crippen LogP contribution is -2.21. The Balaban J connectivity index is 1.94. The number of nitrogens with one attached hydrogen (secondary N) is 1. The molecular formula is C19H24N2O3. The Morgan fingerprint density at radius 1 is 1.08 bits per heavy atom. The van der Waals surface area contributed by atoms with E-state index in [4.69, 9.17) is 15.2 Å². The highest BCUT2D eigenvalue weighted by molar-refractivity contribution is 5.95. The molecule has 0 aliphatic rings. The average molecular weight is 328 g/mol. The molecule has 2 rings (SSSR count). The van der Waals surface area contributed by atoms with E-state index in [2.05, 4.69) is 26.1 Å². The van der Waals surface area contributed by atoms with Gasteiger partial charge in [0.2, 0.25) is 0 Å². The summed E-state index contributed by atoms with van der Waals surface area (Å²) in [4.78, 5) is 12.0. The van der Waals surface area contributed by atoms with Gasteiger partial charge in [0, 0.05) is 6.07 Å². The van der Waals surface area contributed by atoms with Crippen LogP contribution < -0.4 is 20.5 Å². The van der Waals surface area contributed by atoms with Gasteiger partial charge in [0.1, 0.15) is 11.5 Å². The van der Waals surface area contributed by atoms with Gasteiger partial charge in [0.15, 0.2) is 6.61 Å². The molecule has 2 aromatic rings. The molecule has 24 heavy (non-hydrogen) atoms. The van der Waals surface area contributed by atoms with Gasteiger partial charge >= 0.3 is 0 Å². The predicted octanol–water partition coefficient (Wildman–Crippen LogP) is 3.59. The number of hydrogen-bond donors (Lipinski definition) is 2. The summed E-state index contributed by atoms with van der Waals surface area (Å²) in [6, 6.07) is 12.8. The largest absolute Gasteiger partial charge is 0.497 e. The third-order valence-electron chi connectivity index (χ3n) is 3.62. The van der Waals surface area contributed by atoms with Crippen LogP contribution in [0.15, 0.2) is 42.5 Å². The van der Waals surface area contributed by atoms with Crippen LogP contribution in [-0.2, 0) is 10.2 Å². The maximum Gasteiger partial charge on any atom is 0.262 e. The van der Waals surface area contributed by atoms with E-state index in [1.54, 1.807) is 25.3 Å². The fraction of sp³-hybridized carbons (Fsp3) is 0.316. The number of rotatable bonds is 5. The highest BCUT2D eigenvalue weighted by Crippen LogP contribution is 2.25. The number of ether oxygens (including phenoxy) is 2. The molecule has 5 nitrogen and oxygen atoms in total. The van der Waals surface area contributed by atoms with E-state index in [0.29, 0.717) is 22.9 Å². The summed E-state index contributed by atoms with van der Waals surface area (Å²) < 4.78 is 10.6. The molecule has 0 fully saturated rings. The molecule has 0 heterocycles. The summed E-state index contributed by atoms with van der Waals surface area (Å²) in [5, 5.41) is 2.72. The van der Waals surface area contributed by atoms with Gasteiger partial charge in [-0.25, -0.2) is 0 Å². The van der Waals surface area contributed by atoms with E-state index in [0.717, 1.165) is 0 Å². The number of amides is 1. The molecule has 0 aliphatic carbocycles. The number of carbonyl (C=O) groups excluding carboxylic acids is 1. The van der Waals surface area contributed by atoms with Gasteiger partial charge in [-0.05, 0) is 35.2 Å². The summed E-state index contributed by atoms with van der Waals surface area (Å²) in [7, 11) is 1.56. The van der Waals surface area contributed by atoms with E-state index in [-0.39, 0.29) is 17.9 Å². The van der Waals surface area contributed by atoms with Crippen molar-refractivity contribution in [2.24, 2.45) is 0 Å². The van der Waals surface area contributed by atoms with E-state index in [9.17, 15) is 4.79 Å². The molecule has 5 heteroatoms. The first kappa shape index (κ1) is 17.7. The van der Waals surface area contributed by atoms with Gasteiger partial charge in [-0.3, -0.25) is 4.79 Å². The fourth-order valence-corrected chi connectivity index (χ4v) is 2.16. The summed E-state index contributed by atoms with van der Waals surface area (Å²) in [5.74, 6) is 0.991. The summed E-state index contributed by atoms with van der Waals surface area (Å²) in [5.41, 5.74) is 8.12. The van der Waals surface area contributed by atoms with Crippen LogP contribution >= 0.6 is 0 Å². The number of anilines is 2. The van der Waals surface area contributed by atoms with Crippen LogP contribution in [0.2, 0.25) is 0 Å². The Morgan fingerprint density at radius 3 is 2.29 bits per heavy atom. The van der Waals surface area contributed by atoms with E-state index >= 15 is 0 Å². The Morgan fingerprint density at radius 2 is 1.71 bits per heavy atom. The Bertz CT molecular complexity index is 704. The van der Waals surface area contributed by atoms with Gasteiger partial charge < -0.3 is 20.5 Å². The van der Waals surface area contributed by atoms with Gasteiger partial charge in [0.25, 0.3) is 5.91 Å².